The highest BCUT2D eigenvalue weighted by Gasteiger charge is 2.63. The third-order valence-electron chi connectivity index (χ3n) is 10.5. The lowest BCUT2D eigenvalue weighted by molar-refractivity contribution is -0.376. The normalized spacial score (nSPS) is 39.4. The van der Waals surface area contributed by atoms with Gasteiger partial charge in [0.1, 0.15) is 12.2 Å². The Kier molecular flexibility index (Phi) is 10.8. The van der Waals surface area contributed by atoms with Gasteiger partial charge in [-0.3, -0.25) is 4.79 Å². The van der Waals surface area contributed by atoms with Gasteiger partial charge in [-0.05, 0) is 63.7 Å². The molecule has 2 N–H and O–H groups in total. The van der Waals surface area contributed by atoms with Crippen molar-refractivity contribution in [3.05, 3.63) is 23.8 Å². The minimum Gasteiger partial charge on any atom is -0.458 e. The molecule has 0 aromatic rings. The van der Waals surface area contributed by atoms with Crippen LogP contribution in [0.5, 0.6) is 0 Å². The van der Waals surface area contributed by atoms with E-state index < -0.39 is 68.1 Å². The summed E-state index contributed by atoms with van der Waals surface area (Å²) in [4.78, 5) is 24.7. The van der Waals surface area contributed by atoms with Crippen molar-refractivity contribution in [1.29, 1.82) is 0 Å². The highest BCUT2D eigenvalue weighted by molar-refractivity contribution is 6.74. The molecule has 10 atom stereocenters. The summed E-state index contributed by atoms with van der Waals surface area (Å²) < 4.78 is 31.3. The number of fused-ring (bicyclic) bond motifs is 4. The van der Waals surface area contributed by atoms with Crippen LogP contribution in [0.1, 0.15) is 95.4 Å². The van der Waals surface area contributed by atoms with E-state index in [1.807, 2.05) is 6.92 Å². The van der Waals surface area contributed by atoms with Gasteiger partial charge in [0, 0.05) is 30.3 Å². The molecule has 10 heteroatoms. The van der Waals surface area contributed by atoms with Crippen LogP contribution in [-0.2, 0) is 33.0 Å². The number of hydrogen-bond donors (Lipinski definition) is 2. The van der Waals surface area contributed by atoms with Crippen molar-refractivity contribution in [2.75, 3.05) is 0 Å². The first-order valence-electron chi connectivity index (χ1n) is 16.1. The van der Waals surface area contributed by atoms with Crippen LogP contribution in [-0.4, -0.2) is 78.5 Å². The van der Waals surface area contributed by atoms with Crippen molar-refractivity contribution < 1.29 is 43.2 Å². The van der Waals surface area contributed by atoms with Crippen molar-refractivity contribution >= 4 is 20.3 Å². The van der Waals surface area contributed by atoms with Crippen LogP contribution < -0.4 is 0 Å². The Morgan fingerprint density at radius 2 is 1.73 bits per heavy atom. The van der Waals surface area contributed by atoms with E-state index in [2.05, 4.69) is 66.8 Å². The molecule has 0 aromatic heterocycles. The first kappa shape index (κ1) is 36.9. The Morgan fingerprint density at radius 1 is 1.11 bits per heavy atom. The van der Waals surface area contributed by atoms with Crippen LogP contribution in [0.4, 0.5) is 0 Å². The van der Waals surface area contributed by atoms with E-state index in [0.717, 1.165) is 0 Å². The molecule has 0 aromatic carbocycles. The number of aliphatic hydroxyl groups excluding tert-OH is 1. The highest BCUT2D eigenvalue weighted by atomic mass is 28.4. The molecule has 0 spiro atoms. The van der Waals surface area contributed by atoms with Crippen LogP contribution in [0.3, 0.4) is 0 Å². The summed E-state index contributed by atoms with van der Waals surface area (Å²) in [5.41, 5.74) is -1.02. The summed E-state index contributed by atoms with van der Waals surface area (Å²) in [6.45, 7) is 25.6. The fourth-order valence-corrected chi connectivity index (χ4v) is 7.76. The van der Waals surface area contributed by atoms with Gasteiger partial charge in [-0.25, -0.2) is 4.79 Å². The van der Waals surface area contributed by atoms with E-state index in [-0.39, 0.29) is 22.5 Å². The molecule has 0 aliphatic carbocycles. The third kappa shape index (κ3) is 7.69. The van der Waals surface area contributed by atoms with Crippen molar-refractivity contribution in [3.63, 3.8) is 0 Å². The number of aliphatic hydroxyl groups is 2. The fraction of sp³-hybridized carbons (Fsp3) is 0.824. The van der Waals surface area contributed by atoms with E-state index in [0.29, 0.717) is 24.8 Å². The van der Waals surface area contributed by atoms with Crippen molar-refractivity contribution in [1.82, 2.24) is 0 Å². The quantitative estimate of drug-likeness (QED) is 0.160. The zero-order valence-corrected chi connectivity index (χ0v) is 30.2. The predicted octanol–water partition coefficient (Wildman–Crippen LogP) is 5.83. The van der Waals surface area contributed by atoms with Crippen LogP contribution in [0.25, 0.3) is 0 Å². The van der Waals surface area contributed by atoms with Gasteiger partial charge in [0.25, 0.3) is 0 Å². The summed E-state index contributed by atoms with van der Waals surface area (Å²) in [6, 6.07) is 0. The standard InChI is InChI=1S/C34H58O9Si/c1-20-14-16-32(9,10)26-15-17-33(11,42-26)30(37)34(38)29(40-27(36)19-21(2)23(4)39-24(5)35)22(3)18-25(41-34)28(20)43-44(12,13)31(6,7)8/h14,16,19-20,22-23,25-26,28-30,37-38H,15,17-18H2,1-13H3/b16-14+,21-19+/t20-,22+,23+,25+,26-,28-,29+,30-,33+,34-/m0/s1. The zero-order valence-electron chi connectivity index (χ0n) is 29.2. The van der Waals surface area contributed by atoms with Gasteiger partial charge in [0.15, 0.2) is 14.4 Å². The maximum atomic E-state index is 13.2. The average molecular weight is 639 g/mol. The van der Waals surface area contributed by atoms with Gasteiger partial charge in [-0.1, -0.05) is 60.6 Å². The molecular weight excluding hydrogens is 580 g/mol. The molecule has 9 nitrogen and oxygen atoms in total. The maximum absolute atomic E-state index is 13.2. The molecule has 44 heavy (non-hydrogen) atoms. The Labute approximate surface area is 265 Å². The number of rotatable bonds is 6. The van der Waals surface area contributed by atoms with Gasteiger partial charge in [0.05, 0.1) is 23.9 Å². The molecule has 3 rings (SSSR count). The van der Waals surface area contributed by atoms with Gasteiger partial charge in [0.2, 0.25) is 5.79 Å². The summed E-state index contributed by atoms with van der Waals surface area (Å²) in [5, 5.41) is 24.5. The monoisotopic (exact) mass is 638 g/mol. The molecule has 252 valence electrons. The average Bonchev–Trinajstić information content (AvgIpc) is 3.30. The summed E-state index contributed by atoms with van der Waals surface area (Å²) in [6.07, 6.45) is 2.62. The molecule has 3 aliphatic heterocycles. The van der Waals surface area contributed by atoms with Crippen LogP contribution in [0.2, 0.25) is 18.1 Å². The van der Waals surface area contributed by atoms with Gasteiger partial charge in [-0.15, -0.1) is 0 Å². The Morgan fingerprint density at radius 3 is 2.30 bits per heavy atom. The third-order valence-corrected chi connectivity index (χ3v) is 15.0. The smallest absolute Gasteiger partial charge is 0.331 e. The van der Waals surface area contributed by atoms with E-state index in [4.69, 9.17) is 23.4 Å². The molecule has 0 radical (unpaired) electrons. The van der Waals surface area contributed by atoms with Crippen LogP contribution >= 0.6 is 0 Å². The van der Waals surface area contributed by atoms with Crippen molar-refractivity contribution in [2.45, 2.75) is 162 Å². The minimum atomic E-state index is -2.30. The lowest BCUT2D eigenvalue weighted by atomic mass is 9.78. The lowest BCUT2D eigenvalue weighted by Gasteiger charge is -2.53. The largest absolute Gasteiger partial charge is 0.458 e. The number of hydrogen-bond acceptors (Lipinski definition) is 9. The molecule has 0 unspecified atom stereocenters. The van der Waals surface area contributed by atoms with E-state index >= 15 is 0 Å². The molecule has 3 aliphatic rings. The van der Waals surface area contributed by atoms with Crippen LogP contribution in [0, 0.1) is 17.3 Å². The van der Waals surface area contributed by atoms with Crippen molar-refractivity contribution in [3.8, 4) is 0 Å². The van der Waals surface area contributed by atoms with Gasteiger partial charge in [-0.2, -0.15) is 0 Å². The second-order valence-electron chi connectivity index (χ2n) is 15.9. The second kappa shape index (κ2) is 12.9. The molecule has 0 amide bonds. The number of carbonyl (C=O) groups excluding carboxylic acids is 2. The molecular formula is C34H58O9Si. The number of ether oxygens (including phenoxy) is 4. The topological polar surface area (TPSA) is 121 Å². The highest BCUT2D eigenvalue weighted by Crippen LogP contribution is 2.49. The molecule has 2 fully saturated rings. The summed E-state index contributed by atoms with van der Waals surface area (Å²) in [5.74, 6) is -3.96. The van der Waals surface area contributed by atoms with Gasteiger partial charge < -0.3 is 33.6 Å². The maximum Gasteiger partial charge on any atom is 0.331 e. The fourth-order valence-electron chi connectivity index (χ4n) is 6.36. The second-order valence-corrected chi connectivity index (χ2v) is 20.6. The Hall–Kier alpha value is -1.56. The molecule has 3 heterocycles. The molecule has 2 saturated heterocycles. The Bertz CT molecular complexity index is 1120. The number of esters is 2. The molecule has 0 saturated carbocycles. The zero-order chi connectivity index (χ0) is 33.6. The van der Waals surface area contributed by atoms with E-state index in [1.54, 1.807) is 20.8 Å². The predicted molar refractivity (Wildman–Crippen MR) is 171 cm³/mol. The van der Waals surface area contributed by atoms with E-state index in [9.17, 15) is 19.8 Å². The summed E-state index contributed by atoms with van der Waals surface area (Å²) in [7, 11) is -2.30. The van der Waals surface area contributed by atoms with E-state index in [1.165, 1.54) is 13.0 Å². The van der Waals surface area contributed by atoms with Crippen molar-refractivity contribution in [2.24, 2.45) is 17.3 Å². The first-order valence-corrected chi connectivity index (χ1v) is 19.0. The van der Waals surface area contributed by atoms with Crippen LogP contribution in [0.15, 0.2) is 23.8 Å². The number of carbonyl (C=O) groups is 2. The first-order chi connectivity index (χ1) is 19.9. The molecule has 4 bridgehead atoms. The SMILES string of the molecule is CC(=O)O[C@H](C)/C(C)=C/C(=O)O[C@@H]1[C@H](C)C[C@H]2O[C@]1(O)[C@@H](O)[C@@]1(C)CC[C@H](O1)C(C)(C)/C=C/[C@H](C)[C@@H]2O[Si](C)(C)C(C)(C)C. The minimum absolute atomic E-state index is 0.0680. The lowest BCUT2D eigenvalue weighted by Crippen LogP contribution is -2.69. The van der Waals surface area contributed by atoms with Gasteiger partial charge >= 0.3 is 11.9 Å². The Balaban J connectivity index is 2.10. The summed E-state index contributed by atoms with van der Waals surface area (Å²) >= 11 is 0.